The van der Waals surface area contributed by atoms with Gasteiger partial charge >= 0.3 is 5.97 Å². The van der Waals surface area contributed by atoms with Crippen LogP contribution in [0, 0.1) is 0 Å². The third kappa shape index (κ3) is 5.50. The Morgan fingerprint density at radius 1 is 1.12 bits per heavy atom. The summed E-state index contributed by atoms with van der Waals surface area (Å²) in [4.78, 5) is 10.3. The van der Waals surface area contributed by atoms with Crippen LogP contribution in [0.2, 0.25) is 0 Å². The Morgan fingerprint density at radius 3 is 2.41 bits per heavy atom. The normalized spacial score (nSPS) is 19.1. The van der Waals surface area contributed by atoms with E-state index in [4.69, 9.17) is 5.11 Å². The summed E-state index contributed by atoms with van der Waals surface area (Å²) in [5, 5.41) is 21.5. The van der Waals surface area contributed by atoms with Crippen molar-refractivity contribution in [2.24, 2.45) is 0 Å². The first-order valence-electron chi connectivity index (χ1n) is 6.76. The number of aliphatic hydroxyl groups is 1. The van der Waals surface area contributed by atoms with Gasteiger partial charge in [0.25, 0.3) is 0 Å². The predicted octanol–water partition coefficient (Wildman–Crippen LogP) is 1.92. The molecule has 1 saturated carbocycles. The standard InChI is InChI=1S/C13H25NO3/c15-11-13(8-4-2-5-9-13)14-10-6-1-3-7-12(16)17/h14-15H,1-11H2,(H,16,17). The quantitative estimate of drug-likeness (QED) is 0.570. The molecule has 0 bridgehead atoms. The van der Waals surface area contributed by atoms with Gasteiger partial charge in [-0.2, -0.15) is 0 Å². The minimum atomic E-state index is -0.711. The largest absolute Gasteiger partial charge is 0.481 e. The highest BCUT2D eigenvalue weighted by Gasteiger charge is 2.30. The van der Waals surface area contributed by atoms with E-state index in [2.05, 4.69) is 5.32 Å². The molecule has 17 heavy (non-hydrogen) atoms. The highest BCUT2D eigenvalue weighted by atomic mass is 16.4. The zero-order chi connectivity index (χ0) is 12.6. The fourth-order valence-electron chi connectivity index (χ4n) is 2.55. The Kier molecular flexibility index (Phi) is 6.52. The highest BCUT2D eigenvalue weighted by molar-refractivity contribution is 5.66. The molecule has 0 heterocycles. The SMILES string of the molecule is O=C(O)CCCCCNC1(CO)CCCCC1. The number of unbranched alkanes of at least 4 members (excludes halogenated alkanes) is 2. The lowest BCUT2D eigenvalue weighted by Crippen LogP contribution is -2.50. The van der Waals surface area contributed by atoms with E-state index in [0.29, 0.717) is 0 Å². The molecule has 0 aliphatic heterocycles. The second-order valence-electron chi connectivity index (χ2n) is 5.13. The van der Waals surface area contributed by atoms with Gasteiger partial charge in [0.2, 0.25) is 0 Å². The molecule has 0 aromatic heterocycles. The van der Waals surface area contributed by atoms with E-state index in [1.165, 1.54) is 19.3 Å². The highest BCUT2D eigenvalue weighted by Crippen LogP contribution is 2.27. The van der Waals surface area contributed by atoms with Crippen molar-refractivity contribution in [3.05, 3.63) is 0 Å². The van der Waals surface area contributed by atoms with Crippen molar-refractivity contribution in [3.63, 3.8) is 0 Å². The summed E-state index contributed by atoms with van der Waals surface area (Å²) < 4.78 is 0. The van der Waals surface area contributed by atoms with Gasteiger partial charge < -0.3 is 15.5 Å². The molecular formula is C13H25NO3. The summed E-state index contributed by atoms with van der Waals surface area (Å²) in [6.07, 6.45) is 8.78. The molecule has 3 N–H and O–H groups in total. The molecule has 0 saturated heterocycles. The fourth-order valence-corrected chi connectivity index (χ4v) is 2.55. The lowest BCUT2D eigenvalue weighted by Gasteiger charge is -2.36. The number of carboxylic acid groups (broad SMARTS) is 1. The van der Waals surface area contributed by atoms with Crippen LogP contribution in [0.25, 0.3) is 0 Å². The molecular weight excluding hydrogens is 218 g/mol. The fraction of sp³-hybridized carbons (Fsp3) is 0.923. The Hall–Kier alpha value is -0.610. The van der Waals surface area contributed by atoms with E-state index in [-0.39, 0.29) is 18.6 Å². The first-order valence-corrected chi connectivity index (χ1v) is 6.76. The minimum Gasteiger partial charge on any atom is -0.481 e. The summed E-state index contributed by atoms with van der Waals surface area (Å²) >= 11 is 0. The van der Waals surface area contributed by atoms with Gasteiger partial charge in [0, 0.05) is 12.0 Å². The van der Waals surface area contributed by atoms with Gasteiger partial charge in [0.1, 0.15) is 0 Å². The number of nitrogens with one attached hydrogen (secondary N) is 1. The molecule has 0 radical (unpaired) electrons. The first kappa shape index (κ1) is 14.5. The Balaban J connectivity index is 2.09. The molecule has 1 aliphatic rings. The number of hydrogen-bond donors (Lipinski definition) is 3. The minimum absolute atomic E-state index is 0.0505. The van der Waals surface area contributed by atoms with Crippen LogP contribution in [0.4, 0.5) is 0 Å². The van der Waals surface area contributed by atoms with Crippen LogP contribution in [0.3, 0.4) is 0 Å². The van der Waals surface area contributed by atoms with Crippen molar-refractivity contribution in [2.75, 3.05) is 13.2 Å². The maximum absolute atomic E-state index is 10.3. The molecule has 0 aromatic rings. The van der Waals surface area contributed by atoms with Crippen LogP contribution >= 0.6 is 0 Å². The van der Waals surface area contributed by atoms with E-state index in [0.717, 1.165) is 38.6 Å². The van der Waals surface area contributed by atoms with Crippen molar-refractivity contribution >= 4 is 5.97 Å². The van der Waals surface area contributed by atoms with Gasteiger partial charge in [-0.05, 0) is 32.2 Å². The molecule has 1 fully saturated rings. The Bertz CT molecular complexity index is 225. The summed E-state index contributed by atoms with van der Waals surface area (Å²) in [5.41, 5.74) is -0.0505. The molecule has 4 nitrogen and oxygen atoms in total. The van der Waals surface area contributed by atoms with E-state index >= 15 is 0 Å². The monoisotopic (exact) mass is 243 g/mol. The second kappa shape index (κ2) is 7.67. The summed E-state index contributed by atoms with van der Waals surface area (Å²) in [7, 11) is 0. The first-order chi connectivity index (χ1) is 8.18. The zero-order valence-electron chi connectivity index (χ0n) is 10.6. The van der Waals surface area contributed by atoms with Gasteiger partial charge in [-0.25, -0.2) is 0 Å². The summed E-state index contributed by atoms with van der Waals surface area (Å²) in [6.45, 7) is 1.11. The number of carboxylic acids is 1. The third-order valence-electron chi connectivity index (χ3n) is 3.68. The van der Waals surface area contributed by atoms with Crippen LogP contribution in [0.1, 0.15) is 57.8 Å². The molecule has 4 heteroatoms. The summed E-state index contributed by atoms with van der Waals surface area (Å²) in [6, 6.07) is 0. The van der Waals surface area contributed by atoms with Crippen molar-refractivity contribution in [2.45, 2.75) is 63.3 Å². The van der Waals surface area contributed by atoms with Crippen LogP contribution in [0.15, 0.2) is 0 Å². The number of rotatable bonds is 8. The third-order valence-corrected chi connectivity index (χ3v) is 3.68. The van der Waals surface area contributed by atoms with Gasteiger partial charge in [0.15, 0.2) is 0 Å². The predicted molar refractivity (Wildman–Crippen MR) is 67.0 cm³/mol. The molecule has 0 unspecified atom stereocenters. The Morgan fingerprint density at radius 2 is 1.82 bits per heavy atom. The van der Waals surface area contributed by atoms with Crippen LogP contribution in [-0.2, 0) is 4.79 Å². The van der Waals surface area contributed by atoms with Crippen molar-refractivity contribution in [1.82, 2.24) is 5.32 Å². The number of aliphatic hydroxyl groups excluding tert-OH is 1. The molecule has 1 rings (SSSR count). The van der Waals surface area contributed by atoms with Crippen LogP contribution < -0.4 is 5.32 Å². The lowest BCUT2D eigenvalue weighted by molar-refractivity contribution is -0.137. The van der Waals surface area contributed by atoms with Gasteiger partial charge in [-0.3, -0.25) is 4.79 Å². The topological polar surface area (TPSA) is 69.6 Å². The second-order valence-corrected chi connectivity index (χ2v) is 5.13. The number of hydrogen-bond acceptors (Lipinski definition) is 3. The molecule has 0 atom stereocenters. The average Bonchev–Trinajstić information content (AvgIpc) is 2.34. The maximum atomic E-state index is 10.3. The van der Waals surface area contributed by atoms with Gasteiger partial charge in [-0.15, -0.1) is 0 Å². The smallest absolute Gasteiger partial charge is 0.303 e. The van der Waals surface area contributed by atoms with Crippen LogP contribution in [-0.4, -0.2) is 34.9 Å². The van der Waals surface area contributed by atoms with Crippen molar-refractivity contribution in [3.8, 4) is 0 Å². The van der Waals surface area contributed by atoms with Crippen molar-refractivity contribution in [1.29, 1.82) is 0 Å². The number of carbonyl (C=O) groups is 1. The molecule has 0 aromatic carbocycles. The zero-order valence-corrected chi connectivity index (χ0v) is 10.6. The van der Waals surface area contributed by atoms with Gasteiger partial charge in [-0.1, -0.05) is 25.7 Å². The Labute approximate surface area is 103 Å². The molecule has 100 valence electrons. The summed E-state index contributed by atoms with van der Waals surface area (Å²) in [5.74, 6) is -0.711. The average molecular weight is 243 g/mol. The molecule has 0 amide bonds. The van der Waals surface area contributed by atoms with Crippen molar-refractivity contribution < 1.29 is 15.0 Å². The maximum Gasteiger partial charge on any atom is 0.303 e. The van der Waals surface area contributed by atoms with E-state index in [1.807, 2.05) is 0 Å². The lowest BCUT2D eigenvalue weighted by atomic mass is 9.82. The van der Waals surface area contributed by atoms with E-state index in [9.17, 15) is 9.90 Å². The van der Waals surface area contributed by atoms with Gasteiger partial charge in [0.05, 0.1) is 6.61 Å². The van der Waals surface area contributed by atoms with E-state index < -0.39 is 5.97 Å². The van der Waals surface area contributed by atoms with Crippen LogP contribution in [0.5, 0.6) is 0 Å². The van der Waals surface area contributed by atoms with E-state index in [1.54, 1.807) is 0 Å². The molecule has 1 aliphatic carbocycles. The molecule has 0 spiro atoms. The number of aliphatic carboxylic acids is 1.